The standard InChI is InChI=1S/C11H12N2O2S/c1-2-6-12-11(16)13-9-5-3-4-8(7-9)10(14)15/h2-5,7H,1,6H2,(H,14,15)(H2,12,13,16)/p-2. The van der Waals surface area contributed by atoms with E-state index in [0.29, 0.717) is 12.2 Å². The topological polar surface area (TPSA) is 64.5 Å². The van der Waals surface area contributed by atoms with E-state index in [1.807, 2.05) is 0 Å². The molecule has 0 aliphatic heterocycles. The molecular weight excluding hydrogens is 224 g/mol. The molecule has 0 amide bonds. The highest BCUT2D eigenvalue weighted by Crippen LogP contribution is 2.09. The number of anilines is 1. The number of aromatic carboxylic acids is 1. The van der Waals surface area contributed by atoms with E-state index in [2.05, 4.69) is 16.9 Å². The molecule has 0 unspecified atom stereocenters. The van der Waals surface area contributed by atoms with Gasteiger partial charge in [0, 0.05) is 5.69 Å². The van der Waals surface area contributed by atoms with Crippen LogP contribution in [0.5, 0.6) is 0 Å². The minimum Gasteiger partial charge on any atom is -0.743 e. The maximum Gasteiger partial charge on any atom is 0.0716 e. The fourth-order valence-electron chi connectivity index (χ4n) is 1.03. The first kappa shape index (κ1) is 12.2. The van der Waals surface area contributed by atoms with Crippen molar-refractivity contribution in [2.45, 2.75) is 0 Å². The minimum absolute atomic E-state index is 0.0940. The summed E-state index contributed by atoms with van der Waals surface area (Å²) in [5.74, 6) is -1.22. The van der Waals surface area contributed by atoms with Crippen molar-refractivity contribution in [3.8, 4) is 0 Å². The summed E-state index contributed by atoms with van der Waals surface area (Å²) < 4.78 is 0. The second kappa shape index (κ2) is 5.87. The molecule has 0 saturated heterocycles. The second-order valence-corrected chi connectivity index (χ2v) is 3.31. The van der Waals surface area contributed by atoms with Crippen molar-refractivity contribution in [3.05, 3.63) is 42.5 Å². The van der Waals surface area contributed by atoms with Gasteiger partial charge in [0.1, 0.15) is 0 Å². The number of benzene rings is 1. The van der Waals surface area contributed by atoms with Crippen LogP contribution >= 0.6 is 0 Å². The first-order valence-electron chi connectivity index (χ1n) is 4.54. The third-order valence-electron chi connectivity index (χ3n) is 1.71. The van der Waals surface area contributed by atoms with Gasteiger partial charge in [-0.15, -0.1) is 6.58 Å². The Labute approximate surface area is 99.1 Å². The number of aliphatic imine (C=N–C) groups is 1. The molecule has 5 heteroatoms. The van der Waals surface area contributed by atoms with E-state index in [1.165, 1.54) is 12.1 Å². The number of hydrogen-bond donors (Lipinski definition) is 1. The molecule has 0 aromatic heterocycles. The Morgan fingerprint density at radius 2 is 2.38 bits per heavy atom. The molecule has 0 atom stereocenters. The molecule has 16 heavy (non-hydrogen) atoms. The minimum atomic E-state index is -1.22. The molecule has 0 heterocycles. The van der Waals surface area contributed by atoms with Crippen LogP contribution in [0, 0.1) is 0 Å². The zero-order valence-corrected chi connectivity index (χ0v) is 9.29. The zero-order valence-electron chi connectivity index (χ0n) is 8.47. The van der Waals surface area contributed by atoms with Crippen molar-refractivity contribution in [1.29, 1.82) is 0 Å². The van der Waals surface area contributed by atoms with Crippen molar-refractivity contribution < 1.29 is 9.90 Å². The molecule has 0 fully saturated rings. The largest absolute Gasteiger partial charge is 0.743 e. The smallest absolute Gasteiger partial charge is 0.0716 e. The number of nitrogens with one attached hydrogen (secondary N) is 1. The van der Waals surface area contributed by atoms with Gasteiger partial charge >= 0.3 is 0 Å². The summed E-state index contributed by atoms with van der Waals surface area (Å²) in [4.78, 5) is 14.6. The van der Waals surface area contributed by atoms with Gasteiger partial charge in [-0.3, -0.25) is 4.99 Å². The number of carboxylic acids is 1. The van der Waals surface area contributed by atoms with Crippen LogP contribution in [0.25, 0.3) is 0 Å². The average Bonchev–Trinajstić information content (AvgIpc) is 2.26. The molecule has 0 radical (unpaired) electrons. The summed E-state index contributed by atoms with van der Waals surface area (Å²) in [7, 11) is 0. The monoisotopic (exact) mass is 234 g/mol. The lowest BCUT2D eigenvalue weighted by Crippen LogP contribution is -2.22. The third kappa shape index (κ3) is 3.70. The number of amidine groups is 1. The van der Waals surface area contributed by atoms with Crippen LogP contribution < -0.4 is 10.4 Å². The summed E-state index contributed by atoms with van der Waals surface area (Å²) in [5.41, 5.74) is 0.663. The van der Waals surface area contributed by atoms with Crippen molar-refractivity contribution >= 4 is 29.5 Å². The molecule has 1 rings (SSSR count). The van der Waals surface area contributed by atoms with E-state index in [0.717, 1.165) is 0 Å². The zero-order chi connectivity index (χ0) is 12.0. The van der Waals surface area contributed by atoms with E-state index in [4.69, 9.17) is 12.6 Å². The molecule has 4 nitrogen and oxygen atoms in total. The van der Waals surface area contributed by atoms with Gasteiger partial charge in [-0.25, -0.2) is 0 Å². The molecule has 0 bridgehead atoms. The number of carbonyl (C=O) groups is 1. The van der Waals surface area contributed by atoms with Crippen LogP contribution in [-0.4, -0.2) is 17.7 Å². The molecule has 0 aliphatic rings. The van der Waals surface area contributed by atoms with E-state index in [-0.39, 0.29) is 10.7 Å². The Balaban J connectivity index is 2.77. The molecule has 1 N–H and O–H groups in total. The Morgan fingerprint density at radius 3 is 3.00 bits per heavy atom. The fourth-order valence-corrected chi connectivity index (χ4v) is 1.23. The summed E-state index contributed by atoms with van der Waals surface area (Å²) in [5, 5.41) is 13.7. The van der Waals surface area contributed by atoms with E-state index < -0.39 is 5.97 Å². The first-order chi connectivity index (χ1) is 7.63. The van der Waals surface area contributed by atoms with Crippen molar-refractivity contribution in [1.82, 2.24) is 0 Å². The van der Waals surface area contributed by atoms with Gasteiger partial charge in [0.2, 0.25) is 0 Å². The highest BCUT2D eigenvalue weighted by Gasteiger charge is 1.95. The van der Waals surface area contributed by atoms with E-state index >= 15 is 0 Å². The molecule has 84 valence electrons. The third-order valence-corrected chi connectivity index (χ3v) is 1.94. The fraction of sp³-hybridized carbons (Fsp3) is 0.0909. The number of rotatable bonds is 4. The molecule has 0 aliphatic carbocycles. The number of hydrogen-bond acceptors (Lipinski definition) is 4. The van der Waals surface area contributed by atoms with E-state index in [9.17, 15) is 9.90 Å². The lowest BCUT2D eigenvalue weighted by molar-refractivity contribution is -0.255. The van der Waals surface area contributed by atoms with Gasteiger partial charge in [0.25, 0.3) is 0 Å². The van der Waals surface area contributed by atoms with Crippen LogP contribution in [0.1, 0.15) is 10.4 Å². The summed E-state index contributed by atoms with van der Waals surface area (Å²) in [6.07, 6.45) is 1.62. The summed E-state index contributed by atoms with van der Waals surface area (Å²) in [6.45, 7) is 3.93. The average molecular weight is 234 g/mol. The maximum absolute atomic E-state index is 10.6. The van der Waals surface area contributed by atoms with Crippen molar-refractivity contribution in [2.24, 2.45) is 4.99 Å². The maximum atomic E-state index is 10.6. The van der Waals surface area contributed by atoms with Crippen LogP contribution in [0.4, 0.5) is 5.69 Å². The van der Waals surface area contributed by atoms with E-state index in [1.54, 1.807) is 18.2 Å². The predicted molar refractivity (Wildman–Crippen MR) is 64.3 cm³/mol. The van der Waals surface area contributed by atoms with Gasteiger partial charge in [-0.1, -0.05) is 18.2 Å². The van der Waals surface area contributed by atoms with Gasteiger partial charge in [0.05, 0.1) is 12.5 Å². The summed E-state index contributed by atoms with van der Waals surface area (Å²) in [6, 6.07) is 6.18. The molecule has 1 aromatic rings. The van der Waals surface area contributed by atoms with Gasteiger partial charge in [0.15, 0.2) is 0 Å². The Kier molecular flexibility index (Phi) is 4.47. The van der Waals surface area contributed by atoms with Crippen LogP contribution in [0.2, 0.25) is 0 Å². The number of carboxylic acid groups (broad SMARTS) is 1. The summed E-state index contributed by atoms with van der Waals surface area (Å²) >= 11 is 4.92. The number of carbonyl (C=O) groups excluding carboxylic acids is 1. The van der Waals surface area contributed by atoms with Gasteiger partial charge in [-0.05, 0) is 22.9 Å². The number of nitrogens with zero attached hydrogens (tertiary/aromatic N) is 1. The van der Waals surface area contributed by atoms with Crippen LogP contribution in [0.15, 0.2) is 41.9 Å². The molecule has 0 saturated carbocycles. The van der Waals surface area contributed by atoms with Crippen molar-refractivity contribution in [2.75, 3.05) is 11.9 Å². The second-order valence-electron chi connectivity index (χ2n) is 2.93. The van der Waals surface area contributed by atoms with Gasteiger partial charge in [-0.2, -0.15) is 0 Å². The van der Waals surface area contributed by atoms with Crippen molar-refractivity contribution in [3.63, 3.8) is 0 Å². The quantitative estimate of drug-likeness (QED) is 0.357. The normalized spacial score (nSPS) is 10.9. The highest BCUT2D eigenvalue weighted by atomic mass is 32.1. The Bertz CT molecular complexity index is 430. The van der Waals surface area contributed by atoms with Crippen LogP contribution in [-0.2, 0) is 12.6 Å². The van der Waals surface area contributed by atoms with Crippen LogP contribution in [0.3, 0.4) is 0 Å². The molecule has 1 aromatic carbocycles. The molecular formula is C11H10N2O2S-2. The molecule has 0 spiro atoms. The lowest BCUT2D eigenvalue weighted by Gasteiger charge is -2.15. The SMILES string of the molecule is C=CCN=C([S-])Nc1cccc(C(=O)[O-])c1. The Morgan fingerprint density at radius 1 is 1.62 bits per heavy atom. The highest BCUT2D eigenvalue weighted by molar-refractivity contribution is 7.77. The predicted octanol–water partition coefficient (Wildman–Crippen LogP) is 0.551. The van der Waals surface area contributed by atoms with Gasteiger partial charge < -0.3 is 27.8 Å². The first-order valence-corrected chi connectivity index (χ1v) is 4.95. The Hall–Kier alpha value is -1.88. The lowest BCUT2D eigenvalue weighted by atomic mass is 10.2.